The van der Waals surface area contributed by atoms with E-state index in [0.29, 0.717) is 10.5 Å². The van der Waals surface area contributed by atoms with E-state index in [9.17, 15) is 15.3 Å². The Morgan fingerprint density at radius 2 is 1.77 bits per heavy atom. The van der Waals surface area contributed by atoms with Crippen LogP contribution in [0.1, 0.15) is 0 Å². The predicted molar refractivity (Wildman–Crippen MR) is 44.8 cm³/mol. The van der Waals surface area contributed by atoms with Gasteiger partial charge in [-0.1, -0.05) is 0 Å². The zero-order valence-corrected chi connectivity index (χ0v) is 9.20. The largest absolute Gasteiger partial charge is 0.402 e. The first-order valence-corrected chi connectivity index (χ1v) is 4.76. The first-order chi connectivity index (χ1) is 6.11. The molecule has 0 aromatic rings. The molecule has 1 saturated heterocycles. The van der Waals surface area contributed by atoms with Crippen molar-refractivity contribution in [2.45, 2.75) is 30.7 Å². The van der Waals surface area contributed by atoms with Crippen molar-refractivity contribution in [3.05, 3.63) is 0 Å². The summed E-state index contributed by atoms with van der Waals surface area (Å²) in [7, 11) is 0.337. The summed E-state index contributed by atoms with van der Waals surface area (Å²) < 4.78 is 9.82. The van der Waals surface area contributed by atoms with Crippen LogP contribution in [0.5, 0.6) is 0 Å². The van der Waals surface area contributed by atoms with Gasteiger partial charge in [0, 0.05) is 0 Å². The fourth-order valence-electron chi connectivity index (χ4n) is 1.26. The van der Waals surface area contributed by atoms with E-state index in [4.69, 9.17) is 14.3 Å². The second-order valence-electron chi connectivity index (χ2n) is 2.93. The zero-order valence-electron chi connectivity index (χ0n) is 7.20. The van der Waals surface area contributed by atoms with Crippen LogP contribution in [-0.2, 0) is 9.16 Å². The number of rotatable bonds is 2. The highest BCUT2D eigenvalue weighted by Gasteiger charge is 2.43. The molecule has 1 aliphatic heterocycles. The summed E-state index contributed by atoms with van der Waals surface area (Å²) >= 11 is 0. The summed E-state index contributed by atoms with van der Waals surface area (Å²) in [6.07, 6.45) is -5.76. The normalized spacial score (nSPS) is 46.6. The van der Waals surface area contributed by atoms with Gasteiger partial charge in [-0.15, -0.1) is 0 Å². The van der Waals surface area contributed by atoms with Crippen molar-refractivity contribution in [2.75, 3.05) is 6.61 Å². The number of ether oxygens (including phenoxy) is 1. The van der Waals surface area contributed by atoms with E-state index >= 15 is 0 Å². The maximum atomic E-state index is 9.30. The summed E-state index contributed by atoms with van der Waals surface area (Å²) in [5.74, 6) is 0. The molecule has 13 heavy (non-hydrogen) atoms. The van der Waals surface area contributed by atoms with Crippen molar-refractivity contribution in [1.29, 1.82) is 0 Å². The van der Waals surface area contributed by atoms with Crippen molar-refractivity contribution in [1.82, 2.24) is 0 Å². The fourth-order valence-corrected chi connectivity index (χ4v) is 1.65. The zero-order chi connectivity index (χ0) is 10.0. The quantitative estimate of drug-likeness (QED) is 0.348. The van der Waals surface area contributed by atoms with Gasteiger partial charge in [0.15, 0.2) is 6.29 Å². The lowest BCUT2D eigenvalue weighted by molar-refractivity contribution is -0.277. The lowest BCUT2D eigenvalue weighted by atomic mass is 10.00. The lowest BCUT2D eigenvalue weighted by Gasteiger charge is -2.39. The minimum absolute atomic E-state index is 0.337. The Morgan fingerprint density at radius 3 is 2.23 bits per heavy atom. The van der Waals surface area contributed by atoms with Gasteiger partial charge in [-0.25, -0.2) is 0 Å². The molecule has 0 aromatic heterocycles. The second-order valence-corrected chi connectivity index (χ2v) is 3.40. The highest BCUT2D eigenvalue weighted by Crippen LogP contribution is 2.20. The molecule has 78 valence electrons. The third-order valence-corrected chi connectivity index (χ3v) is 2.55. The van der Waals surface area contributed by atoms with E-state index in [2.05, 4.69) is 0 Å². The van der Waals surface area contributed by atoms with Crippen molar-refractivity contribution < 1.29 is 29.6 Å². The standard InChI is InChI=1S/C6H14O6Si/c7-1-2-3(8)4(9)5(10)6(11-2)12-13/h2-10H,1H2,13H3/t2-,3-,4+,5-,6-/m1/s1. The summed E-state index contributed by atoms with van der Waals surface area (Å²) in [6.45, 7) is -0.424. The molecule has 0 spiro atoms. The van der Waals surface area contributed by atoms with Gasteiger partial charge in [-0.3, -0.25) is 0 Å². The van der Waals surface area contributed by atoms with E-state index in [1.165, 1.54) is 0 Å². The van der Waals surface area contributed by atoms with E-state index in [1.54, 1.807) is 0 Å². The fraction of sp³-hybridized carbons (Fsp3) is 1.00. The molecule has 0 amide bonds. The number of hydrogen-bond acceptors (Lipinski definition) is 6. The monoisotopic (exact) mass is 210 g/mol. The molecule has 1 rings (SSSR count). The summed E-state index contributed by atoms with van der Waals surface area (Å²) in [5.41, 5.74) is 0. The molecular weight excluding hydrogens is 196 g/mol. The van der Waals surface area contributed by atoms with Crippen LogP contribution < -0.4 is 0 Å². The number of aliphatic hydroxyl groups is 4. The second kappa shape index (κ2) is 4.47. The van der Waals surface area contributed by atoms with Gasteiger partial charge in [-0.05, 0) is 0 Å². The van der Waals surface area contributed by atoms with Crippen LogP contribution in [0.2, 0.25) is 0 Å². The molecule has 1 heterocycles. The first kappa shape index (κ1) is 11.1. The summed E-state index contributed by atoms with van der Waals surface area (Å²) in [5, 5.41) is 36.6. The molecular formula is C6H14O6Si. The van der Waals surface area contributed by atoms with Gasteiger partial charge in [0.1, 0.15) is 34.9 Å². The maximum absolute atomic E-state index is 9.30. The summed E-state index contributed by atoms with van der Waals surface area (Å²) in [4.78, 5) is 0. The van der Waals surface area contributed by atoms with Crippen LogP contribution in [0.25, 0.3) is 0 Å². The van der Waals surface area contributed by atoms with E-state index in [-0.39, 0.29) is 0 Å². The van der Waals surface area contributed by atoms with Gasteiger partial charge in [0.05, 0.1) is 6.61 Å². The van der Waals surface area contributed by atoms with Crippen molar-refractivity contribution in [3.8, 4) is 0 Å². The van der Waals surface area contributed by atoms with Crippen LogP contribution in [0.4, 0.5) is 0 Å². The topological polar surface area (TPSA) is 99.4 Å². The molecule has 0 aromatic carbocycles. The Hall–Kier alpha value is -0.0231. The Morgan fingerprint density at radius 1 is 1.15 bits per heavy atom. The SMILES string of the molecule is OC[C@H]1O[C@H](O[SiH3])[C@H](O)[C@@H](O)[C@@H]1O. The van der Waals surface area contributed by atoms with Crippen LogP contribution in [0.15, 0.2) is 0 Å². The van der Waals surface area contributed by atoms with Crippen molar-refractivity contribution in [2.24, 2.45) is 0 Å². The first-order valence-electron chi connectivity index (χ1n) is 3.95. The van der Waals surface area contributed by atoms with Crippen molar-refractivity contribution in [3.63, 3.8) is 0 Å². The minimum Gasteiger partial charge on any atom is -0.402 e. The predicted octanol–water partition coefficient (Wildman–Crippen LogP) is -3.92. The molecule has 4 N–H and O–H groups in total. The Labute approximate surface area is 78.3 Å². The number of hydrogen-bond donors (Lipinski definition) is 4. The maximum Gasteiger partial charge on any atom is 0.176 e. The average molecular weight is 210 g/mol. The summed E-state index contributed by atoms with van der Waals surface area (Å²) in [6, 6.07) is 0. The molecule has 7 heteroatoms. The molecule has 0 aliphatic carbocycles. The highest BCUT2D eigenvalue weighted by molar-refractivity contribution is 5.98. The molecule has 0 bridgehead atoms. The van der Waals surface area contributed by atoms with Crippen LogP contribution >= 0.6 is 0 Å². The van der Waals surface area contributed by atoms with Crippen LogP contribution in [0, 0.1) is 0 Å². The Bertz CT molecular complexity index is 147. The molecule has 1 aliphatic rings. The Balaban J connectivity index is 2.66. The molecule has 0 unspecified atom stereocenters. The van der Waals surface area contributed by atoms with Crippen molar-refractivity contribution >= 4 is 10.5 Å². The van der Waals surface area contributed by atoms with E-state index in [0.717, 1.165) is 0 Å². The van der Waals surface area contributed by atoms with E-state index < -0.39 is 37.3 Å². The Kier molecular flexibility index (Phi) is 3.80. The van der Waals surface area contributed by atoms with E-state index in [1.807, 2.05) is 0 Å². The lowest BCUT2D eigenvalue weighted by Crippen LogP contribution is -2.59. The molecule has 0 radical (unpaired) electrons. The molecule has 1 fully saturated rings. The molecule has 6 nitrogen and oxygen atoms in total. The highest BCUT2D eigenvalue weighted by atomic mass is 28.2. The third-order valence-electron chi connectivity index (χ3n) is 2.08. The van der Waals surface area contributed by atoms with Crippen LogP contribution in [-0.4, -0.2) is 68.2 Å². The average Bonchev–Trinajstić information content (AvgIpc) is 2.15. The number of aliphatic hydroxyl groups excluding tert-OH is 4. The van der Waals surface area contributed by atoms with Gasteiger partial charge >= 0.3 is 0 Å². The van der Waals surface area contributed by atoms with Gasteiger partial charge in [-0.2, -0.15) is 0 Å². The van der Waals surface area contributed by atoms with Gasteiger partial charge in [0.2, 0.25) is 0 Å². The smallest absolute Gasteiger partial charge is 0.176 e. The molecule has 0 saturated carbocycles. The van der Waals surface area contributed by atoms with Gasteiger partial charge < -0.3 is 29.6 Å². The van der Waals surface area contributed by atoms with Crippen LogP contribution in [0.3, 0.4) is 0 Å². The third kappa shape index (κ3) is 2.07. The minimum atomic E-state index is -1.34. The molecule has 5 atom stereocenters. The van der Waals surface area contributed by atoms with Gasteiger partial charge in [0.25, 0.3) is 0 Å².